The summed E-state index contributed by atoms with van der Waals surface area (Å²) in [5.74, 6) is 0.996. The summed E-state index contributed by atoms with van der Waals surface area (Å²) in [5.41, 5.74) is 4.08. The van der Waals surface area contributed by atoms with E-state index in [4.69, 9.17) is 0 Å². The maximum atomic E-state index is 13.2. The lowest BCUT2D eigenvalue weighted by Crippen LogP contribution is -2.39. The highest BCUT2D eigenvalue weighted by Crippen LogP contribution is 2.33. The molecule has 2 aliphatic rings. The van der Waals surface area contributed by atoms with Crippen LogP contribution in [-0.4, -0.2) is 36.9 Å². The SMILES string of the molecule is Cc1ccc(CCC2CCN(C(=O)c3ccccc3N(C)C(=O)C3CC3)CC2)cc1. The molecule has 158 valence electrons. The number of benzene rings is 2. The second kappa shape index (κ2) is 9.03. The lowest BCUT2D eigenvalue weighted by atomic mass is 9.90. The molecule has 1 heterocycles. The molecule has 4 rings (SSSR count). The topological polar surface area (TPSA) is 40.6 Å². The molecule has 0 atom stereocenters. The molecule has 4 nitrogen and oxygen atoms in total. The third kappa shape index (κ3) is 4.75. The molecule has 1 saturated carbocycles. The van der Waals surface area contributed by atoms with Gasteiger partial charge in [-0.05, 0) is 69.1 Å². The quantitative estimate of drug-likeness (QED) is 0.690. The molecule has 1 saturated heterocycles. The van der Waals surface area contributed by atoms with E-state index in [1.54, 1.807) is 11.9 Å². The smallest absolute Gasteiger partial charge is 0.255 e. The summed E-state index contributed by atoms with van der Waals surface area (Å²) in [6.45, 7) is 3.71. The number of rotatable bonds is 6. The number of carbonyl (C=O) groups excluding carboxylic acids is 2. The van der Waals surface area contributed by atoms with Crippen LogP contribution in [0.3, 0.4) is 0 Å². The van der Waals surface area contributed by atoms with Crippen LogP contribution in [0.4, 0.5) is 5.69 Å². The van der Waals surface area contributed by atoms with E-state index in [2.05, 4.69) is 31.2 Å². The summed E-state index contributed by atoms with van der Waals surface area (Å²) >= 11 is 0. The Hall–Kier alpha value is -2.62. The summed E-state index contributed by atoms with van der Waals surface area (Å²) < 4.78 is 0. The maximum absolute atomic E-state index is 13.2. The lowest BCUT2D eigenvalue weighted by Gasteiger charge is -2.33. The number of hydrogen-bond acceptors (Lipinski definition) is 2. The van der Waals surface area contributed by atoms with Crippen LogP contribution in [-0.2, 0) is 11.2 Å². The van der Waals surface area contributed by atoms with Crippen LogP contribution in [0.5, 0.6) is 0 Å². The van der Waals surface area contributed by atoms with Gasteiger partial charge in [0.2, 0.25) is 5.91 Å². The van der Waals surface area contributed by atoms with Crippen molar-refractivity contribution in [2.24, 2.45) is 11.8 Å². The minimum absolute atomic E-state index is 0.0537. The zero-order chi connectivity index (χ0) is 21.1. The Balaban J connectivity index is 1.34. The van der Waals surface area contributed by atoms with Crippen molar-refractivity contribution in [3.63, 3.8) is 0 Å². The van der Waals surface area contributed by atoms with Gasteiger partial charge in [-0.3, -0.25) is 9.59 Å². The molecule has 0 unspecified atom stereocenters. The minimum Gasteiger partial charge on any atom is -0.339 e. The monoisotopic (exact) mass is 404 g/mol. The van der Waals surface area contributed by atoms with Gasteiger partial charge in [0, 0.05) is 26.1 Å². The van der Waals surface area contributed by atoms with Crippen LogP contribution >= 0.6 is 0 Å². The van der Waals surface area contributed by atoms with Gasteiger partial charge in [-0.1, -0.05) is 42.0 Å². The fraction of sp³-hybridized carbons (Fsp3) is 0.462. The van der Waals surface area contributed by atoms with E-state index in [9.17, 15) is 9.59 Å². The molecule has 2 amide bonds. The van der Waals surface area contributed by atoms with Crippen LogP contribution in [0.2, 0.25) is 0 Å². The number of carbonyl (C=O) groups is 2. The van der Waals surface area contributed by atoms with Crippen LogP contribution in [0, 0.1) is 18.8 Å². The summed E-state index contributed by atoms with van der Waals surface area (Å²) in [7, 11) is 1.80. The number of aryl methyl sites for hydroxylation is 2. The van der Waals surface area contributed by atoms with Crippen molar-refractivity contribution in [2.75, 3.05) is 25.0 Å². The summed E-state index contributed by atoms with van der Waals surface area (Å²) in [5, 5.41) is 0. The van der Waals surface area contributed by atoms with Gasteiger partial charge in [-0.2, -0.15) is 0 Å². The summed E-state index contributed by atoms with van der Waals surface area (Å²) in [4.78, 5) is 29.4. The Kier molecular flexibility index (Phi) is 6.21. The highest BCUT2D eigenvalue weighted by molar-refractivity contribution is 6.05. The number of para-hydroxylation sites is 1. The van der Waals surface area contributed by atoms with Crippen LogP contribution < -0.4 is 4.90 Å². The van der Waals surface area contributed by atoms with Crippen molar-refractivity contribution in [2.45, 2.75) is 45.4 Å². The predicted octanol–water partition coefficient (Wildman–Crippen LogP) is 4.85. The summed E-state index contributed by atoms with van der Waals surface area (Å²) in [6, 6.07) is 16.4. The van der Waals surface area contributed by atoms with Crippen molar-refractivity contribution in [3.8, 4) is 0 Å². The average molecular weight is 405 g/mol. The first-order valence-electron chi connectivity index (χ1n) is 11.2. The van der Waals surface area contributed by atoms with Gasteiger partial charge in [0.1, 0.15) is 0 Å². The van der Waals surface area contributed by atoms with E-state index in [1.807, 2.05) is 29.2 Å². The van der Waals surface area contributed by atoms with E-state index in [1.165, 1.54) is 17.5 Å². The van der Waals surface area contributed by atoms with Gasteiger partial charge in [-0.25, -0.2) is 0 Å². The Morgan fingerprint density at radius 2 is 1.63 bits per heavy atom. The maximum Gasteiger partial charge on any atom is 0.255 e. The van der Waals surface area contributed by atoms with Crippen molar-refractivity contribution in [1.29, 1.82) is 0 Å². The first-order valence-corrected chi connectivity index (χ1v) is 11.2. The highest BCUT2D eigenvalue weighted by atomic mass is 16.2. The molecule has 0 N–H and O–H groups in total. The van der Waals surface area contributed by atoms with Gasteiger partial charge in [-0.15, -0.1) is 0 Å². The lowest BCUT2D eigenvalue weighted by molar-refractivity contribution is -0.119. The van der Waals surface area contributed by atoms with Crippen LogP contribution in [0.25, 0.3) is 0 Å². The molecule has 0 aromatic heterocycles. The zero-order valence-corrected chi connectivity index (χ0v) is 18.1. The molecule has 30 heavy (non-hydrogen) atoms. The molecule has 2 fully saturated rings. The predicted molar refractivity (Wildman–Crippen MR) is 121 cm³/mol. The third-order valence-electron chi connectivity index (χ3n) is 6.62. The number of likely N-dealkylation sites (tertiary alicyclic amines) is 1. The molecular formula is C26H32N2O2. The number of nitrogens with zero attached hydrogens (tertiary/aromatic N) is 2. The normalized spacial score (nSPS) is 17.1. The highest BCUT2D eigenvalue weighted by Gasteiger charge is 2.34. The Morgan fingerprint density at radius 3 is 2.30 bits per heavy atom. The van der Waals surface area contributed by atoms with E-state index in [0.717, 1.165) is 50.9 Å². The Bertz CT molecular complexity index is 894. The van der Waals surface area contributed by atoms with E-state index in [0.29, 0.717) is 11.5 Å². The molecule has 0 bridgehead atoms. The van der Waals surface area contributed by atoms with Crippen molar-refractivity contribution in [3.05, 3.63) is 65.2 Å². The number of piperidine rings is 1. The van der Waals surface area contributed by atoms with Gasteiger partial charge in [0.15, 0.2) is 0 Å². The fourth-order valence-corrected chi connectivity index (χ4v) is 4.39. The zero-order valence-electron chi connectivity index (χ0n) is 18.1. The van der Waals surface area contributed by atoms with E-state index in [-0.39, 0.29) is 17.7 Å². The van der Waals surface area contributed by atoms with Gasteiger partial charge in [0.25, 0.3) is 5.91 Å². The molecular weight excluding hydrogens is 372 g/mol. The van der Waals surface area contributed by atoms with Gasteiger partial charge < -0.3 is 9.80 Å². The molecule has 2 aromatic rings. The first-order chi connectivity index (χ1) is 14.5. The van der Waals surface area contributed by atoms with Crippen LogP contribution in [0.15, 0.2) is 48.5 Å². The Labute approximate surface area is 179 Å². The standard InChI is InChI=1S/C26H32N2O2/c1-19-7-9-20(10-8-19)11-12-21-15-17-28(18-16-21)26(30)23-5-3-4-6-24(23)27(2)25(29)22-13-14-22/h3-10,21-22H,11-18H2,1-2H3. The largest absolute Gasteiger partial charge is 0.339 e. The molecule has 2 aromatic carbocycles. The van der Waals surface area contributed by atoms with Gasteiger partial charge in [0.05, 0.1) is 11.3 Å². The van der Waals surface area contributed by atoms with Crippen LogP contribution in [0.1, 0.15) is 53.6 Å². The molecule has 1 aliphatic carbocycles. The van der Waals surface area contributed by atoms with Crippen molar-refractivity contribution in [1.82, 2.24) is 4.90 Å². The summed E-state index contributed by atoms with van der Waals surface area (Å²) in [6.07, 6.45) is 6.33. The third-order valence-corrected chi connectivity index (χ3v) is 6.62. The number of amides is 2. The fourth-order valence-electron chi connectivity index (χ4n) is 4.39. The van der Waals surface area contributed by atoms with Crippen molar-refractivity contribution < 1.29 is 9.59 Å². The molecule has 0 spiro atoms. The minimum atomic E-state index is 0.0537. The first kappa shape index (κ1) is 20.6. The molecule has 4 heteroatoms. The molecule has 1 aliphatic heterocycles. The number of anilines is 1. The average Bonchev–Trinajstić information content (AvgIpc) is 3.63. The van der Waals surface area contributed by atoms with E-state index < -0.39 is 0 Å². The van der Waals surface area contributed by atoms with Crippen molar-refractivity contribution >= 4 is 17.5 Å². The molecule has 0 radical (unpaired) electrons. The second-order valence-corrected chi connectivity index (χ2v) is 8.95. The van der Waals surface area contributed by atoms with Gasteiger partial charge >= 0.3 is 0 Å². The number of hydrogen-bond donors (Lipinski definition) is 0. The Morgan fingerprint density at radius 1 is 0.967 bits per heavy atom. The second-order valence-electron chi connectivity index (χ2n) is 8.95. The van der Waals surface area contributed by atoms with E-state index >= 15 is 0 Å².